The van der Waals surface area contributed by atoms with Crippen molar-refractivity contribution in [2.45, 2.75) is 39.7 Å². The second kappa shape index (κ2) is 13.5. The second-order valence-electron chi connectivity index (χ2n) is 8.65. The Bertz CT molecular complexity index is 1090. The fourth-order valence-corrected chi connectivity index (χ4v) is 3.52. The minimum atomic E-state index is -0.651. The van der Waals surface area contributed by atoms with Gasteiger partial charge >= 0.3 is 12.1 Å². The van der Waals surface area contributed by atoms with Gasteiger partial charge in [-0.3, -0.25) is 5.41 Å². The first kappa shape index (κ1) is 27.9. The van der Waals surface area contributed by atoms with E-state index in [1.807, 2.05) is 67.9 Å². The molecule has 1 aromatic heterocycles. The predicted octanol–water partition coefficient (Wildman–Crippen LogP) is 6.15. The lowest BCUT2D eigenvalue weighted by Gasteiger charge is -2.24. The average molecular weight is 499 g/mol. The third kappa shape index (κ3) is 9.05. The molecule has 3 rings (SSSR count). The molecule has 1 N–H and O–H groups in total. The molecule has 3 aromatic rings. The topological polar surface area (TPSA) is 88.9 Å². The van der Waals surface area contributed by atoms with Crippen molar-refractivity contribution in [2.75, 3.05) is 26.8 Å². The summed E-state index contributed by atoms with van der Waals surface area (Å²) in [6, 6.07) is 15.0. The molecule has 0 saturated heterocycles. The molecule has 188 valence electrons. The first-order chi connectivity index (χ1) is 16.6. The van der Waals surface area contributed by atoms with Crippen LogP contribution in [0.5, 0.6) is 5.75 Å². The highest BCUT2D eigenvalue weighted by Crippen LogP contribution is 2.29. The van der Waals surface area contributed by atoms with Crippen LogP contribution in [0.15, 0.2) is 59.3 Å². The summed E-state index contributed by atoms with van der Waals surface area (Å²) in [5, 5.41) is 13.8. The van der Waals surface area contributed by atoms with Gasteiger partial charge in [-0.05, 0) is 62.4 Å². The third-order valence-corrected chi connectivity index (χ3v) is 5.29. The van der Waals surface area contributed by atoms with E-state index in [4.69, 9.17) is 19.6 Å². The summed E-state index contributed by atoms with van der Waals surface area (Å²) in [6.45, 7) is 8.33. The van der Waals surface area contributed by atoms with Crippen molar-refractivity contribution in [3.63, 3.8) is 0 Å². The molecule has 0 atom stereocenters. The van der Waals surface area contributed by atoms with Crippen LogP contribution in [-0.4, -0.2) is 55.1 Å². The number of hydrogen-bond acceptors (Lipinski definition) is 7. The second-order valence-corrected chi connectivity index (χ2v) is 9.47. The summed E-state index contributed by atoms with van der Waals surface area (Å²) >= 11 is 1.71. The van der Waals surface area contributed by atoms with Gasteiger partial charge in [0.15, 0.2) is 0 Å². The van der Waals surface area contributed by atoms with Crippen molar-refractivity contribution in [3.8, 4) is 5.75 Å². The Balaban J connectivity index is 0.000000764. The minimum Gasteiger partial charge on any atom is -0.493 e. The molecule has 1 amide bonds. The summed E-state index contributed by atoms with van der Waals surface area (Å²) in [4.78, 5) is 25.5. The number of ether oxygens (including phenoxy) is 3. The number of rotatable bonds is 8. The molecule has 35 heavy (non-hydrogen) atoms. The Kier molecular flexibility index (Phi) is 10.7. The van der Waals surface area contributed by atoms with Crippen LogP contribution in [0.25, 0.3) is 10.8 Å². The zero-order valence-electron chi connectivity index (χ0n) is 21.0. The van der Waals surface area contributed by atoms with Gasteiger partial charge < -0.3 is 19.1 Å². The lowest BCUT2D eigenvalue weighted by Crippen LogP contribution is -2.35. The lowest BCUT2D eigenvalue weighted by molar-refractivity contribution is -0.135. The van der Waals surface area contributed by atoms with Crippen LogP contribution in [0, 0.1) is 5.41 Å². The van der Waals surface area contributed by atoms with E-state index < -0.39 is 11.6 Å². The quantitative estimate of drug-likeness (QED) is 0.228. The molecular formula is C27H34N2O5S. The third-order valence-electron chi connectivity index (χ3n) is 4.66. The van der Waals surface area contributed by atoms with Crippen LogP contribution < -0.4 is 4.74 Å². The highest BCUT2D eigenvalue weighted by molar-refractivity contribution is 7.07. The van der Waals surface area contributed by atoms with Crippen molar-refractivity contribution in [3.05, 3.63) is 64.9 Å². The Morgan fingerprint density at radius 3 is 2.23 bits per heavy atom. The molecule has 8 heteroatoms. The van der Waals surface area contributed by atoms with Gasteiger partial charge in [-0.1, -0.05) is 36.4 Å². The molecule has 2 aromatic carbocycles. The molecule has 0 saturated carbocycles. The maximum atomic E-state index is 12.0. The number of thiophene rings is 1. The monoisotopic (exact) mass is 498 g/mol. The molecule has 0 fully saturated rings. The summed E-state index contributed by atoms with van der Waals surface area (Å²) in [6.07, 6.45) is 0.263. The fraction of sp³-hybridized carbons (Fsp3) is 0.370. The maximum Gasteiger partial charge on any atom is 0.410 e. The van der Waals surface area contributed by atoms with Crippen molar-refractivity contribution >= 4 is 39.9 Å². The fourth-order valence-electron chi connectivity index (χ4n) is 3.07. The Labute approximate surface area is 211 Å². The molecule has 1 heterocycles. The van der Waals surface area contributed by atoms with Gasteiger partial charge in [-0.15, -0.1) is 0 Å². The molecule has 0 aliphatic rings. The van der Waals surface area contributed by atoms with Crippen LogP contribution in [0.1, 0.15) is 39.7 Å². The molecule has 0 unspecified atom stereocenters. The lowest BCUT2D eigenvalue weighted by atomic mass is 10.00. The van der Waals surface area contributed by atoms with Gasteiger partial charge in [0.25, 0.3) is 0 Å². The van der Waals surface area contributed by atoms with Gasteiger partial charge in [0.05, 0.1) is 13.2 Å². The molecular weight excluding hydrogens is 464 g/mol. The largest absolute Gasteiger partial charge is 0.493 e. The predicted molar refractivity (Wildman–Crippen MR) is 141 cm³/mol. The number of fused-ring (bicyclic) bond motifs is 1. The number of hydrogen-bond donors (Lipinski definition) is 1. The van der Waals surface area contributed by atoms with Gasteiger partial charge in [-0.2, -0.15) is 11.3 Å². The van der Waals surface area contributed by atoms with Crippen molar-refractivity contribution < 1.29 is 23.8 Å². The number of nitrogens with one attached hydrogen (secondary N) is 1. The summed E-state index contributed by atoms with van der Waals surface area (Å²) in [7, 11) is 1.69. The average Bonchev–Trinajstić information content (AvgIpc) is 3.40. The zero-order chi connectivity index (χ0) is 25.8. The highest BCUT2D eigenvalue weighted by atomic mass is 32.1. The Hall–Kier alpha value is -3.39. The number of benzene rings is 2. The van der Waals surface area contributed by atoms with Crippen LogP contribution >= 0.6 is 11.3 Å². The summed E-state index contributed by atoms with van der Waals surface area (Å²) in [5.41, 5.74) is -0.209. The minimum absolute atomic E-state index is 0.182. The number of esters is 1. The van der Waals surface area contributed by atoms with Crippen LogP contribution in [0.4, 0.5) is 4.79 Å². The first-order valence-corrected chi connectivity index (χ1v) is 12.4. The SMILES string of the molecule is CCOC(=O)C(=N)c1ccc(OCCCN(C)C(=O)OC(C)(C)C)c2ccccc12.c1ccsc1. The standard InChI is InChI=1S/C23H30N2O5.C4H4S/c1-6-28-21(26)20(24)18-12-13-19(17-11-8-7-10-16(17)18)29-15-9-14-25(5)22(27)30-23(2,3)4;1-2-4-5-3-1/h7-8,10-13,24H,6,9,14-15H2,1-5H3;1-4H. The molecule has 0 aliphatic carbocycles. The maximum absolute atomic E-state index is 12.0. The van der Waals surface area contributed by atoms with Crippen molar-refractivity contribution in [1.29, 1.82) is 5.41 Å². The van der Waals surface area contributed by atoms with E-state index >= 15 is 0 Å². The Morgan fingerprint density at radius 1 is 1.00 bits per heavy atom. The van der Waals surface area contributed by atoms with E-state index in [2.05, 4.69) is 0 Å². The van der Waals surface area contributed by atoms with Crippen molar-refractivity contribution in [1.82, 2.24) is 4.90 Å². The van der Waals surface area contributed by atoms with E-state index in [1.165, 1.54) is 4.90 Å². The number of amides is 1. The van der Waals surface area contributed by atoms with E-state index in [9.17, 15) is 9.59 Å². The van der Waals surface area contributed by atoms with Crippen LogP contribution in [-0.2, 0) is 14.3 Å². The van der Waals surface area contributed by atoms with E-state index in [-0.39, 0.29) is 18.4 Å². The molecule has 0 bridgehead atoms. The van der Waals surface area contributed by atoms with E-state index in [1.54, 1.807) is 37.4 Å². The summed E-state index contributed by atoms with van der Waals surface area (Å²) < 4.78 is 16.2. The normalized spacial score (nSPS) is 10.7. The molecule has 7 nitrogen and oxygen atoms in total. The van der Waals surface area contributed by atoms with Crippen LogP contribution in [0.3, 0.4) is 0 Å². The molecule has 0 spiro atoms. The van der Waals surface area contributed by atoms with Gasteiger partial charge in [0.1, 0.15) is 17.1 Å². The van der Waals surface area contributed by atoms with E-state index in [0.717, 1.165) is 10.8 Å². The van der Waals surface area contributed by atoms with Crippen LogP contribution in [0.2, 0.25) is 0 Å². The van der Waals surface area contributed by atoms with Gasteiger partial charge in [-0.25, -0.2) is 9.59 Å². The summed E-state index contributed by atoms with van der Waals surface area (Å²) in [5.74, 6) is 0.00688. The van der Waals surface area contributed by atoms with Crippen molar-refractivity contribution in [2.24, 2.45) is 0 Å². The Morgan fingerprint density at radius 2 is 1.66 bits per heavy atom. The smallest absolute Gasteiger partial charge is 0.410 e. The zero-order valence-corrected chi connectivity index (χ0v) is 21.8. The first-order valence-electron chi connectivity index (χ1n) is 11.5. The number of carbonyl (C=O) groups excluding carboxylic acids is 2. The molecule has 0 radical (unpaired) electrons. The van der Waals surface area contributed by atoms with E-state index in [0.29, 0.717) is 30.9 Å². The van der Waals surface area contributed by atoms with Gasteiger partial charge in [0.2, 0.25) is 0 Å². The number of carbonyl (C=O) groups is 2. The number of nitrogens with zero attached hydrogens (tertiary/aromatic N) is 1. The molecule has 0 aliphatic heterocycles. The highest BCUT2D eigenvalue weighted by Gasteiger charge is 2.20. The van der Waals surface area contributed by atoms with Gasteiger partial charge in [0, 0.05) is 24.5 Å².